The Labute approximate surface area is 245 Å². The predicted octanol–water partition coefficient (Wildman–Crippen LogP) is 5.49. The number of alkyl halides is 2. The molecule has 3 atom stereocenters. The standard InChI is InChI=1S/C30H31F3N3O6P/c1-16(43(3,4)41)20-10-8-17(12-21(20)31)18-9-11-22-23(13-18)36-24(14-25(28(36)34-22)35(2)30(38,39)40)27-19(15-37)6-5-7-26(27)42-29(32)33/h5-13,15-16,24-25,29,38-40H,14H2,1-4H3/t16?,24-,25?/m1/s1. The highest BCUT2D eigenvalue weighted by molar-refractivity contribution is 7.62. The van der Waals surface area contributed by atoms with E-state index < -0.39 is 43.4 Å². The number of halogens is 3. The van der Waals surface area contributed by atoms with Crippen LogP contribution in [0.4, 0.5) is 13.2 Å². The van der Waals surface area contributed by atoms with Crippen molar-refractivity contribution >= 4 is 24.5 Å². The molecule has 0 bridgehead atoms. The summed E-state index contributed by atoms with van der Waals surface area (Å²) in [5.74, 6) is -0.483. The third-order valence-corrected chi connectivity index (χ3v) is 10.3. The maximum atomic E-state index is 15.2. The van der Waals surface area contributed by atoms with Crippen molar-refractivity contribution in [1.82, 2.24) is 14.5 Å². The van der Waals surface area contributed by atoms with E-state index in [2.05, 4.69) is 4.98 Å². The van der Waals surface area contributed by atoms with E-state index in [0.29, 0.717) is 34.0 Å². The van der Waals surface area contributed by atoms with E-state index in [-0.39, 0.29) is 29.1 Å². The number of ether oxygens (including phenoxy) is 1. The van der Waals surface area contributed by atoms with Gasteiger partial charge in [-0.3, -0.25) is 4.79 Å². The minimum absolute atomic E-state index is 0.00217. The van der Waals surface area contributed by atoms with Crippen molar-refractivity contribution in [2.75, 3.05) is 20.4 Å². The number of aliphatic hydroxyl groups is 3. The number of hydrogen-bond donors (Lipinski definition) is 3. The maximum Gasteiger partial charge on any atom is 0.387 e. The smallest absolute Gasteiger partial charge is 0.387 e. The van der Waals surface area contributed by atoms with Gasteiger partial charge in [-0.15, -0.1) is 0 Å². The average Bonchev–Trinajstić information content (AvgIpc) is 3.47. The van der Waals surface area contributed by atoms with Crippen LogP contribution < -0.4 is 4.74 Å². The fourth-order valence-corrected chi connectivity index (χ4v) is 6.54. The third-order valence-electron chi connectivity index (χ3n) is 8.21. The van der Waals surface area contributed by atoms with Gasteiger partial charge in [0.05, 0.1) is 30.3 Å². The Balaban J connectivity index is 1.70. The molecule has 0 radical (unpaired) electrons. The summed E-state index contributed by atoms with van der Waals surface area (Å²) >= 11 is 0. The van der Waals surface area contributed by atoms with Gasteiger partial charge in [0.25, 0.3) is 0 Å². The van der Waals surface area contributed by atoms with Crippen LogP contribution in [-0.4, -0.2) is 69.1 Å². The first-order valence-electron chi connectivity index (χ1n) is 13.4. The summed E-state index contributed by atoms with van der Waals surface area (Å²) in [5, 5.41) is 29.9. The van der Waals surface area contributed by atoms with Gasteiger partial charge in [-0.05, 0) is 67.8 Å². The molecule has 1 aliphatic heterocycles. The second kappa shape index (κ2) is 11.2. The van der Waals surface area contributed by atoms with E-state index in [1.807, 2.05) is 0 Å². The second-order valence-electron chi connectivity index (χ2n) is 11.1. The number of aldehydes is 1. The van der Waals surface area contributed by atoms with Crippen molar-refractivity contribution < 1.29 is 42.6 Å². The first kappa shape index (κ1) is 30.9. The lowest BCUT2D eigenvalue weighted by Gasteiger charge is -2.30. The van der Waals surface area contributed by atoms with Gasteiger partial charge >= 0.3 is 12.7 Å². The highest BCUT2D eigenvalue weighted by atomic mass is 31.2. The van der Waals surface area contributed by atoms with Crippen molar-refractivity contribution in [2.45, 2.75) is 43.8 Å². The highest BCUT2D eigenvalue weighted by Crippen LogP contribution is 2.53. The zero-order valence-corrected chi connectivity index (χ0v) is 24.7. The fourth-order valence-electron chi connectivity index (χ4n) is 5.66. The van der Waals surface area contributed by atoms with Gasteiger partial charge in [0.1, 0.15) is 17.4 Å². The Kier molecular flexibility index (Phi) is 8.04. The average molecular weight is 618 g/mol. The van der Waals surface area contributed by atoms with Crippen LogP contribution in [0.25, 0.3) is 22.2 Å². The molecule has 3 aromatic carbocycles. The Morgan fingerprint density at radius 2 is 1.79 bits per heavy atom. The van der Waals surface area contributed by atoms with Crippen LogP contribution in [0.1, 0.15) is 58.4 Å². The summed E-state index contributed by atoms with van der Waals surface area (Å²) < 4.78 is 61.1. The van der Waals surface area contributed by atoms with E-state index in [0.717, 1.165) is 4.90 Å². The predicted molar refractivity (Wildman–Crippen MR) is 154 cm³/mol. The number of carbonyl (C=O) groups excluding carboxylic acids is 1. The van der Waals surface area contributed by atoms with Gasteiger partial charge in [-0.1, -0.05) is 37.3 Å². The molecular weight excluding hydrogens is 586 g/mol. The SMILES string of the molecule is CC(c1ccc(-c2ccc3nc4n(c3c2)[C@@H](c2c(C=O)cccc2OC(F)F)CC4N(C)C(O)(O)O)cc1F)P(C)(C)=O. The molecule has 2 unspecified atom stereocenters. The Bertz CT molecular complexity index is 1750. The molecule has 1 aliphatic rings. The normalized spacial score (nSPS) is 18.0. The molecule has 0 fully saturated rings. The van der Waals surface area contributed by atoms with E-state index >= 15 is 4.39 Å². The molecule has 0 aliphatic carbocycles. The summed E-state index contributed by atoms with van der Waals surface area (Å²) in [4.78, 5) is 17.6. The first-order chi connectivity index (χ1) is 20.1. The Hall–Kier alpha value is -3.54. The van der Waals surface area contributed by atoms with E-state index in [9.17, 15) is 33.5 Å². The van der Waals surface area contributed by atoms with Crippen LogP contribution in [0.15, 0.2) is 54.6 Å². The van der Waals surface area contributed by atoms with Gasteiger partial charge in [-0.2, -0.15) is 8.78 Å². The van der Waals surface area contributed by atoms with Gasteiger partial charge in [0.15, 0.2) is 6.29 Å². The fraction of sp³-hybridized carbons (Fsp3) is 0.333. The molecular formula is C30H31F3N3O6P. The Morgan fingerprint density at radius 1 is 1.12 bits per heavy atom. The number of nitrogens with zero attached hydrogens (tertiary/aromatic N) is 3. The lowest BCUT2D eigenvalue weighted by Crippen LogP contribution is -2.47. The van der Waals surface area contributed by atoms with E-state index in [1.165, 1.54) is 31.3 Å². The molecule has 4 aromatic rings. The van der Waals surface area contributed by atoms with Crippen LogP contribution in [0, 0.1) is 5.82 Å². The van der Waals surface area contributed by atoms with Gasteiger partial charge in [0.2, 0.25) is 0 Å². The molecule has 228 valence electrons. The molecule has 9 nitrogen and oxygen atoms in total. The highest BCUT2D eigenvalue weighted by Gasteiger charge is 2.44. The second-order valence-corrected chi connectivity index (χ2v) is 14.8. The molecule has 2 heterocycles. The van der Waals surface area contributed by atoms with Crippen molar-refractivity contribution in [3.8, 4) is 16.9 Å². The van der Waals surface area contributed by atoms with Crippen molar-refractivity contribution in [1.29, 1.82) is 0 Å². The molecule has 13 heteroatoms. The van der Waals surface area contributed by atoms with Crippen molar-refractivity contribution in [3.05, 3.63) is 82.9 Å². The maximum absolute atomic E-state index is 15.2. The monoisotopic (exact) mass is 617 g/mol. The molecule has 0 amide bonds. The van der Waals surface area contributed by atoms with E-state index in [1.54, 1.807) is 55.2 Å². The molecule has 5 rings (SSSR count). The number of imidazole rings is 1. The molecule has 43 heavy (non-hydrogen) atoms. The quantitative estimate of drug-likeness (QED) is 0.128. The molecule has 0 spiro atoms. The lowest BCUT2D eigenvalue weighted by molar-refractivity contribution is -0.396. The Morgan fingerprint density at radius 3 is 2.40 bits per heavy atom. The number of rotatable bonds is 9. The summed E-state index contributed by atoms with van der Waals surface area (Å²) in [5.41, 5.74) is 2.12. The third kappa shape index (κ3) is 5.73. The van der Waals surface area contributed by atoms with Gasteiger partial charge in [0, 0.05) is 16.8 Å². The molecule has 3 N–H and O–H groups in total. The van der Waals surface area contributed by atoms with Gasteiger partial charge in [-0.25, -0.2) is 14.3 Å². The molecule has 0 saturated heterocycles. The topological polar surface area (TPSA) is 125 Å². The van der Waals surface area contributed by atoms with Crippen LogP contribution in [0.5, 0.6) is 5.75 Å². The number of fused-ring (bicyclic) bond motifs is 3. The number of benzene rings is 3. The largest absolute Gasteiger partial charge is 0.434 e. The minimum atomic E-state index is -3.24. The molecule has 0 saturated carbocycles. The minimum Gasteiger partial charge on any atom is -0.434 e. The summed E-state index contributed by atoms with van der Waals surface area (Å²) in [6, 6.07) is 12.2. The summed E-state index contributed by atoms with van der Waals surface area (Å²) in [6.45, 7) is 1.75. The van der Waals surface area contributed by atoms with Crippen LogP contribution in [-0.2, 0) is 4.57 Å². The van der Waals surface area contributed by atoms with Crippen molar-refractivity contribution in [2.24, 2.45) is 0 Å². The summed E-state index contributed by atoms with van der Waals surface area (Å²) in [6.07, 6.45) is -2.72. The first-order valence-corrected chi connectivity index (χ1v) is 16.1. The zero-order chi connectivity index (χ0) is 31.4. The number of hydrogen-bond acceptors (Lipinski definition) is 8. The van der Waals surface area contributed by atoms with Crippen LogP contribution >= 0.6 is 7.14 Å². The van der Waals surface area contributed by atoms with Crippen LogP contribution in [0.3, 0.4) is 0 Å². The number of aromatic nitrogens is 2. The van der Waals surface area contributed by atoms with Crippen molar-refractivity contribution in [3.63, 3.8) is 0 Å². The van der Waals surface area contributed by atoms with Gasteiger partial charge < -0.3 is 29.2 Å². The zero-order valence-electron chi connectivity index (χ0n) is 23.8. The summed E-state index contributed by atoms with van der Waals surface area (Å²) in [7, 11) is -1.35. The lowest BCUT2D eigenvalue weighted by atomic mass is 9.96. The van der Waals surface area contributed by atoms with E-state index in [4.69, 9.17) is 4.74 Å². The van der Waals surface area contributed by atoms with Crippen LogP contribution in [0.2, 0.25) is 0 Å². The molecule has 1 aromatic heterocycles. The number of carbonyl (C=O) groups is 1.